The van der Waals surface area contributed by atoms with Gasteiger partial charge in [-0.1, -0.05) is 60.7 Å². The van der Waals surface area contributed by atoms with E-state index in [2.05, 4.69) is 15.6 Å². The normalized spacial score (nSPS) is 16.6. The zero-order valence-corrected chi connectivity index (χ0v) is 24.6. The van der Waals surface area contributed by atoms with Crippen LogP contribution in [0.1, 0.15) is 54.0 Å². The Bertz CT molecular complexity index is 1440. The van der Waals surface area contributed by atoms with Crippen molar-refractivity contribution in [1.82, 2.24) is 14.9 Å². The molecule has 1 aliphatic heterocycles. The van der Waals surface area contributed by atoms with Crippen LogP contribution in [0.25, 0.3) is 11.4 Å². The maximum absolute atomic E-state index is 14.1. The van der Waals surface area contributed by atoms with Crippen molar-refractivity contribution in [2.24, 2.45) is 0 Å². The van der Waals surface area contributed by atoms with E-state index in [0.29, 0.717) is 11.4 Å². The third-order valence-corrected chi connectivity index (χ3v) is 7.68. The lowest BCUT2D eigenvalue weighted by atomic mass is 9.67. The van der Waals surface area contributed by atoms with Gasteiger partial charge in [-0.15, -0.1) is 0 Å². The summed E-state index contributed by atoms with van der Waals surface area (Å²) in [5.74, 6) is -0.794. The first-order valence-electron chi connectivity index (χ1n) is 13.5. The van der Waals surface area contributed by atoms with Gasteiger partial charge in [0.05, 0.1) is 28.9 Å². The molecule has 1 fully saturated rings. The molecule has 4 rings (SSSR count). The van der Waals surface area contributed by atoms with Gasteiger partial charge in [-0.3, -0.25) is 19.5 Å². The van der Waals surface area contributed by atoms with Crippen LogP contribution in [-0.2, 0) is 31.0 Å². The minimum atomic E-state index is -1.16. The van der Waals surface area contributed by atoms with Crippen LogP contribution in [0.4, 0.5) is 10.5 Å². The molecule has 1 aliphatic rings. The molecule has 1 saturated heterocycles. The number of aromatic nitrogens is 2. The highest BCUT2D eigenvalue weighted by Crippen LogP contribution is 2.40. The maximum Gasteiger partial charge on any atom is 0.484 e. The molecular weight excluding hydrogens is 523 g/mol. The molecule has 41 heavy (non-hydrogen) atoms. The average molecular weight is 560 g/mol. The molecule has 0 spiro atoms. The van der Waals surface area contributed by atoms with Gasteiger partial charge in [0.25, 0.3) is 5.56 Å². The van der Waals surface area contributed by atoms with Gasteiger partial charge >= 0.3 is 13.2 Å². The molecular formula is C30H37BN4O6. The number of anilines is 1. The molecule has 2 heterocycles. The number of nitrogens with zero attached hydrogens (tertiary/aromatic N) is 2. The summed E-state index contributed by atoms with van der Waals surface area (Å²) < 4.78 is 19.4. The van der Waals surface area contributed by atoms with Gasteiger partial charge in [0.15, 0.2) is 0 Å². The van der Waals surface area contributed by atoms with Crippen molar-refractivity contribution in [2.75, 3.05) is 5.32 Å². The van der Waals surface area contributed by atoms with E-state index >= 15 is 0 Å². The minimum absolute atomic E-state index is 0.0361. The van der Waals surface area contributed by atoms with Crippen molar-refractivity contribution in [3.63, 3.8) is 0 Å². The molecule has 11 heteroatoms. The molecule has 2 amide bonds. The molecule has 0 bridgehead atoms. The topological polar surface area (TPSA) is 121 Å². The summed E-state index contributed by atoms with van der Waals surface area (Å²) in [4.78, 5) is 43.9. The van der Waals surface area contributed by atoms with Gasteiger partial charge < -0.3 is 19.4 Å². The predicted molar refractivity (Wildman–Crippen MR) is 157 cm³/mol. The van der Waals surface area contributed by atoms with Crippen LogP contribution in [0.15, 0.2) is 71.7 Å². The molecule has 0 radical (unpaired) electrons. The number of amides is 2. The van der Waals surface area contributed by atoms with Gasteiger partial charge in [0, 0.05) is 12.5 Å². The van der Waals surface area contributed by atoms with E-state index in [0.717, 1.165) is 5.56 Å². The average Bonchev–Trinajstić information content (AvgIpc) is 3.13. The Hall–Kier alpha value is -3.96. The van der Waals surface area contributed by atoms with Gasteiger partial charge in [-0.05, 0) is 47.1 Å². The third-order valence-electron chi connectivity index (χ3n) is 7.68. The first kappa shape index (κ1) is 30.0. The Morgan fingerprint density at radius 3 is 2.12 bits per heavy atom. The molecule has 1 atom stereocenters. The molecule has 0 aliphatic carbocycles. The van der Waals surface area contributed by atoms with Crippen molar-refractivity contribution < 1.29 is 23.6 Å². The van der Waals surface area contributed by atoms with E-state index in [1.165, 1.54) is 17.7 Å². The van der Waals surface area contributed by atoms with Crippen LogP contribution < -0.4 is 16.2 Å². The van der Waals surface area contributed by atoms with Crippen LogP contribution in [0.3, 0.4) is 0 Å². The zero-order chi connectivity index (χ0) is 30.0. The zero-order valence-electron chi connectivity index (χ0n) is 24.6. The van der Waals surface area contributed by atoms with Gasteiger partial charge in [0.1, 0.15) is 18.1 Å². The SMILES string of the molecule is CC(=O)NC(B1OC(C)(C)C(C)(C)O1)C(C)(C)n1c(-c2ccccc2)ncc(NC(=O)OCc2ccccc2)c1=O. The number of rotatable bonds is 8. The van der Waals surface area contributed by atoms with Crippen molar-refractivity contribution >= 4 is 24.8 Å². The second-order valence-corrected chi connectivity index (χ2v) is 11.6. The number of hydrogen-bond acceptors (Lipinski definition) is 7. The summed E-state index contributed by atoms with van der Waals surface area (Å²) in [7, 11) is -0.887. The quantitative estimate of drug-likeness (QED) is 0.389. The van der Waals surface area contributed by atoms with Crippen LogP contribution >= 0.6 is 0 Å². The Kier molecular flexibility index (Phi) is 8.42. The molecule has 3 aromatic rings. The second-order valence-electron chi connectivity index (χ2n) is 11.6. The lowest BCUT2D eigenvalue weighted by molar-refractivity contribution is -0.120. The minimum Gasteiger partial charge on any atom is -0.444 e. The summed E-state index contributed by atoms with van der Waals surface area (Å²) in [6.45, 7) is 12.7. The van der Waals surface area contributed by atoms with E-state index in [-0.39, 0.29) is 18.2 Å². The van der Waals surface area contributed by atoms with Crippen molar-refractivity contribution in [3.05, 3.63) is 82.8 Å². The Morgan fingerprint density at radius 1 is 1.00 bits per heavy atom. The fraction of sp³-hybridized carbons (Fsp3) is 0.400. The standard InChI is InChI=1S/C30H37BN4O6/c1-20(36)33-26(31-40-29(4,5)30(6,7)41-31)28(2,3)35-24(22-16-12-9-13-17-22)32-18-23(25(35)37)34-27(38)39-19-21-14-10-8-11-15-21/h8-18,26H,19H2,1-7H3,(H,33,36)(H,34,38). The van der Waals surface area contributed by atoms with Crippen molar-refractivity contribution in [3.8, 4) is 11.4 Å². The summed E-state index contributed by atoms with van der Waals surface area (Å²) in [6.07, 6.45) is 0.511. The highest BCUT2D eigenvalue weighted by molar-refractivity contribution is 6.48. The largest absolute Gasteiger partial charge is 0.484 e. The first-order chi connectivity index (χ1) is 19.2. The van der Waals surface area contributed by atoms with Crippen molar-refractivity contribution in [2.45, 2.75) is 77.8 Å². The lowest BCUT2D eigenvalue weighted by Crippen LogP contribution is -2.61. The second kappa shape index (κ2) is 11.5. The molecule has 2 aromatic carbocycles. The fourth-order valence-corrected chi connectivity index (χ4v) is 4.70. The van der Waals surface area contributed by atoms with Crippen molar-refractivity contribution in [1.29, 1.82) is 0 Å². The molecule has 10 nitrogen and oxygen atoms in total. The number of carbonyl (C=O) groups excluding carboxylic acids is 2. The number of carbonyl (C=O) groups is 2. The molecule has 1 unspecified atom stereocenters. The van der Waals surface area contributed by atoms with E-state index < -0.39 is 41.5 Å². The summed E-state index contributed by atoms with van der Waals surface area (Å²) in [5, 5.41) is 5.49. The monoisotopic (exact) mass is 560 g/mol. The van der Waals surface area contributed by atoms with E-state index in [4.69, 9.17) is 14.0 Å². The smallest absolute Gasteiger partial charge is 0.444 e. The molecule has 1 aromatic heterocycles. The number of benzene rings is 2. The summed E-state index contributed by atoms with van der Waals surface area (Å²) >= 11 is 0. The van der Waals surface area contributed by atoms with Gasteiger partial charge in [-0.25, -0.2) is 9.78 Å². The fourth-order valence-electron chi connectivity index (χ4n) is 4.70. The van der Waals surface area contributed by atoms with E-state index in [9.17, 15) is 14.4 Å². The van der Waals surface area contributed by atoms with Gasteiger partial charge in [0.2, 0.25) is 5.91 Å². The number of hydrogen-bond donors (Lipinski definition) is 2. The molecule has 216 valence electrons. The van der Waals surface area contributed by atoms with Crippen LogP contribution in [0, 0.1) is 0 Å². The Balaban J connectivity index is 1.76. The highest BCUT2D eigenvalue weighted by atomic mass is 16.7. The van der Waals surface area contributed by atoms with Crippen LogP contribution in [0.2, 0.25) is 0 Å². The van der Waals surface area contributed by atoms with Gasteiger partial charge in [-0.2, -0.15) is 0 Å². The summed E-state index contributed by atoms with van der Waals surface area (Å²) in [5.41, 5.74) is -1.65. The number of ether oxygens (including phenoxy) is 1. The first-order valence-corrected chi connectivity index (χ1v) is 13.5. The lowest BCUT2D eigenvalue weighted by Gasteiger charge is -2.38. The molecule has 0 saturated carbocycles. The number of nitrogens with one attached hydrogen (secondary N) is 2. The Morgan fingerprint density at radius 2 is 1.56 bits per heavy atom. The van der Waals surface area contributed by atoms with E-state index in [1.807, 2.05) is 88.4 Å². The highest BCUT2D eigenvalue weighted by Gasteiger charge is 2.58. The van der Waals surface area contributed by atoms with Crippen LogP contribution in [0.5, 0.6) is 0 Å². The third kappa shape index (κ3) is 6.36. The molecule has 2 N–H and O–H groups in total. The van der Waals surface area contributed by atoms with E-state index in [1.54, 1.807) is 13.8 Å². The Labute approximate surface area is 240 Å². The summed E-state index contributed by atoms with van der Waals surface area (Å²) in [6, 6.07) is 18.4. The maximum atomic E-state index is 14.1. The van der Waals surface area contributed by atoms with Crippen LogP contribution in [-0.4, -0.2) is 45.8 Å². The predicted octanol–water partition coefficient (Wildman–Crippen LogP) is 4.53.